The van der Waals surface area contributed by atoms with Crippen LogP contribution < -0.4 is 11.1 Å². The predicted molar refractivity (Wildman–Crippen MR) is 211 cm³/mol. The third-order valence-corrected chi connectivity index (χ3v) is 11.5. The zero-order valence-electron chi connectivity index (χ0n) is 31.7. The molecule has 3 fully saturated rings. The molecule has 4 heterocycles. The number of benzene rings is 3. The molecule has 1 saturated carbocycles. The molecule has 294 valence electrons. The van der Waals surface area contributed by atoms with Gasteiger partial charge in [0.2, 0.25) is 12.0 Å². The van der Waals surface area contributed by atoms with Crippen molar-refractivity contribution in [2.45, 2.75) is 69.2 Å². The maximum atomic E-state index is 13.7. The van der Waals surface area contributed by atoms with Crippen molar-refractivity contribution in [3.8, 4) is 33.6 Å². The summed E-state index contributed by atoms with van der Waals surface area (Å²) in [6.07, 6.45) is 6.44. The lowest BCUT2D eigenvalue weighted by Gasteiger charge is -2.27. The molecule has 3 aliphatic rings. The zero-order chi connectivity index (χ0) is 39.5. The summed E-state index contributed by atoms with van der Waals surface area (Å²) in [4.78, 5) is 70.6. The van der Waals surface area contributed by atoms with Gasteiger partial charge < -0.3 is 40.3 Å². The van der Waals surface area contributed by atoms with Crippen LogP contribution in [0.3, 0.4) is 0 Å². The van der Waals surface area contributed by atoms with Crippen molar-refractivity contribution in [1.29, 1.82) is 0 Å². The number of carbonyl (C=O) groups excluding carboxylic acids is 4. The summed E-state index contributed by atoms with van der Waals surface area (Å²) in [5.74, 6) is 1.15. The molecule has 0 spiro atoms. The van der Waals surface area contributed by atoms with Gasteiger partial charge in [0, 0.05) is 30.6 Å². The number of amides is 4. The second-order valence-corrected chi connectivity index (χ2v) is 15.0. The van der Waals surface area contributed by atoms with Crippen LogP contribution in [0.1, 0.15) is 80.3 Å². The van der Waals surface area contributed by atoms with E-state index in [4.69, 9.17) is 20.2 Å². The monoisotopic (exact) mass is 770 g/mol. The van der Waals surface area contributed by atoms with Crippen molar-refractivity contribution < 1.29 is 28.7 Å². The van der Waals surface area contributed by atoms with E-state index in [0.717, 1.165) is 78.0 Å². The first-order valence-electron chi connectivity index (χ1n) is 19.5. The Morgan fingerprint density at radius 2 is 1.28 bits per heavy atom. The van der Waals surface area contributed by atoms with Crippen LogP contribution in [-0.4, -0.2) is 80.0 Å². The maximum Gasteiger partial charge on any atom is 0.407 e. The smallest absolute Gasteiger partial charge is 0.407 e. The SMILES string of the molecule is COC(=O)N[C@@H]1CC[C@H](C(=O)N2CCC[C@H]2c2ncc(-c3ccc(-c4ccc(-c5cnc([C@@H]6CCCN6C(=O)[C@H](OC(N)=O)c6ccccc6)[nH]5)cc4)cc3)[nH]2)C1. The number of alkyl carbamates (subject to hydrolysis) is 1. The Labute approximate surface area is 330 Å². The van der Waals surface area contributed by atoms with E-state index in [1.54, 1.807) is 35.4 Å². The molecule has 5 aromatic rings. The second kappa shape index (κ2) is 16.3. The Morgan fingerprint density at radius 1 is 0.737 bits per heavy atom. The Kier molecular flexibility index (Phi) is 10.7. The summed E-state index contributed by atoms with van der Waals surface area (Å²) in [6.45, 7) is 1.21. The van der Waals surface area contributed by atoms with Gasteiger partial charge >= 0.3 is 12.2 Å². The number of aromatic amines is 2. The Bertz CT molecular complexity index is 2220. The molecule has 8 rings (SSSR count). The van der Waals surface area contributed by atoms with Crippen LogP contribution in [0.25, 0.3) is 33.6 Å². The van der Waals surface area contributed by atoms with E-state index in [1.807, 2.05) is 29.3 Å². The Hall–Kier alpha value is -6.44. The van der Waals surface area contributed by atoms with Crippen LogP contribution in [0.2, 0.25) is 0 Å². The highest BCUT2D eigenvalue weighted by molar-refractivity contribution is 5.85. The third-order valence-electron chi connectivity index (χ3n) is 11.5. The molecule has 5 N–H and O–H groups in total. The first kappa shape index (κ1) is 37.5. The summed E-state index contributed by atoms with van der Waals surface area (Å²) in [5.41, 5.74) is 11.7. The minimum atomic E-state index is -1.13. The molecule has 0 bridgehead atoms. The van der Waals surface area contributed by atoms with Gasteiger partial charge in [-0.25, -0.2) is 19.6 Å². The lowest BCUT2D eigenvalue weighted by molar-refractivity contribution is -0.141. The highest BCUT2D eigenvalue weighted by atomic mass is 16.6. The molecule has 14 heteroatoms. The molecule has 5 atom stereocenters. The minimum absolute atomic E-state index is 0.0466. The van der Waals surface area contributed by atoms with E-state index < -0.39 is 18.3 Å². The first-order chi connectivity index (χ1) is 27.7. The molecule has 14 nitrogen and oxygen atoms in total. The highest BCUT2D eigenvalue weighted by Gasteiger charge is 2.40. The van der Waals surface area contributed by atoms with Gasteiger partial charge in [-0.2, -0.15) is 0 Å². The van der Waals surface area contributed by atoms with E-state index in [1.165, 1.54) is 7.11 Å². The molecule has 2 aliphatic heterocycles. The van der Waals surface area contributed by atoms with E-state index in [0.29, 0.717) is 30.9 Å². The molecule has 0 radical (unpaired) electrons. The zero-order valence-corrected chi connectivity index (χ0v) is 31.7. The van der Waals surface area contributed by atoms with Crippen LogP contribution in [0.4, 0.5) is 9.59 Å². The van der Waals surface area contributed by atoms with Gasteiger partial charge in [0.1, 0.15) is 11.6 Å². The molecule has 57 heavy (non-hydrogen) atoms. The van der Waals surface area contributed by atoms with Crippen molar-refractivity contribution in [2.24, 2.45) is 11.7 Å². The molecule has 1 aliphatic carbocycles. The van der Waals surface area contributed by atoms with Crippen molar-refractivity contribution >= 4 is 24.0 Å². The van der Waals surface area contributed by atoms with E-state index in [2.05, 4.69) is 56.7 Å². The lowest BCUT2D eigenvalue weighted by atomic mass is 10.0. The van der Waals surface area contributed by atoms with Crippen molar-refractivity contribution in [3.05, 3.63) is 108 Å². The average Bonchev–Trinajstić information content (AvgIpc) is 4.09. The number of hydrogen-bond donors (Lipinski definition) is 4. The summed E-state index contributed by atoms with van der Waals surface area (Å²) in [6, 6.07) is 25.0. The number of imidazole rings is 2. The van der Waals surface area contributed by atoms with Gasteiger partial charge in [0.15, 0.2) is 0 Å². The number of likely N-dealkylation sites (tertiary alicyclic amines) is 2. The Morgan fingerprint density at radius 3 is 1.84 bits per heavy atom. The molecule has 0 unspecified atom stereocenters. The lowest BCUT2D eigenvalue weighted by Crippen LogP contribution is -2.37. The van der Waals surface area contributed by atoms with Crippen molar-refractivity contribution in [1.82, 2.24) is 35.1 Å². The van der Waals surface area contributed by atoms with Crippen LogP contribution in [0.5, 0.6) is 0 Å². The number of primary amides is 1. The topological polar surface area (TPSA) is 189 Å². The summed E-state index contributed by atoms with van der Waals surface area (Å²) < 4.78 is 10.0. The van der Waals surface area contributed by atoms with E-state index in [-0.39, 0.29) is 35.9 Å². The number of aromatic nitrogens is 4. The highest BCUT2D eigenvalue weighted by Crippen LogP contribution is 2.38. The molecule has 3 aromatic carbocycles. The number of H-pyrrole nitrogens is 2. The van der Waals surface area contributed by atoms with Gasteiger partial charge in [-0.1, -0.05) is 78.9 Å². The van der Waals surface area contributed by atoms with Crippen LogP contribution in [0.15, 0.2) is 91.3 Å². The predicted octanol–water partition coefficient (Wildman–Crippen LogP) is 6.82. The third kappa shape index (κ3) is 7.98. The quantitative estimate of drug-likeness (QED) is 0.119. The number of carbonyl (C=O) groups is 4. The average molecular weight is 771 g/mol. The second-order valence-electron chi connectivity index (χ2n) is 15.0. The Balaban J connectivity index is 0.902. The number of ether oxygens (including phenoxy) is 2. The van der Waals surface area contributed by atoms with Gasteiger partial charge in [-0.05, 0) is 67.2 Å². The van der Waals surface area contributed by atoms with E-state index in [9.17, 15) is 19.2 Å². The number of methoxy groups -OCH3 is 1. The van der Waals surface area contributed by atoms with Gasteiger partial charge in [0.05, 0.1) is 43.0 Å². The number of nitrogens with one attached hydrogen (secondary N) is 3. The van der Waals surface area contributed by atoms with Crippen LogP contribution in [-0.2, 0) is 19.1 Å². The van der Waals surface area contributed by atoms with Crippen LogP contribution >= 0.6 is 0 Å². The summed E-state index contributed by atoms with van der Waals surface area (Å²) >= 11 is 0. The van der Waals surface area contributed by atoms with E-state index >= 15 is 0 Å². The van der Waals surface area contributed by atoms with Crippen molar-refractivity contribution in [3.63, 3.8) is 0 Å². The number of nitrogens with zero attached hydrogens (tertiary/aromatic N) is 4. The molecule has 4 amide bonds. The minimum Gasteiger partial charge on any atom is -0.453 e. The normalized spacial score (nSPS) is 21.0. The molecule has 2 aromatic heterocycles. The largest absolute Gasteiger partial charge is 0.453 e. The first-order valence-corrected chi connectivity index (χ1v) is 19.5. The maximum absolute atomic E-state index is 13.7. The fraction of sp³-hybridized carbons (Fsp3) is 0.349. The number of nitrogens with two attached hydrogens (primary N) is 1. The molecular weight excluding hydrogens is 725 g/mol. The number of rotatable bonds is 10. The van der Waals surface area contributed by atoms with Crippen LogP contribution in [0, 0.1) is 5.92 Å². The standard InChI is InChI=1S/C43H46N8O6/c1-56-43(55)47-32-20-19-31(23-32)40(52)50-21-5-9-35(50)38-45-24-33(48-38)28-15-11-26(12-16-28)27-13-17-29(18-14-27)34-25-46-39(49-34)36-10-6-22-51(36)41(53)37(57-42(44)54)30-7-3-2-4-8-30/h2-4,7-8,11-18,24-25,31-32,35-37H,5-6,9-10,19-23H2,1H3,(H2,44,54)(H,45,48)(H,46,49)(H,47,55)/t31-,32+,35-,36-,37+/m0/s1. The fourth-order valence-electron chi connectivity index (χ4n) is 8.57. The summed E-state index contributed by atoms with van der Waals surface area (Å²) in [5, 5.41) is 2.84. The van der Waals surface area contributed by atoms with Gasteiger partial charge in [-0.3, -0.25) is 9.59 Å². The van der Waals surface area contributed by atoms with Gasteiger partial charge in [0.25, 0.3) is 5.91 Å². The molecular formula is C43H46N8O6. The van der Waals surface area contributed by atoms with Crippen molar-refractivity contribution in [2.75, 3.05) is 20.2 Å². The summed E-state index contributed by atoms with van der Waals surface area (Å²) in [7, 11) is 1.35. The fourth-order valence-corrected chi connectivity index (χ4v) is 8.57. The van der Waals surface area contributed by atoms with Gasteiger partial charge in [-0.15, -0.1) is 0 Å². The molecule has 2 saturated heterocycles. The number of hydrogen-bond acceptors (Lipinski definition) is 8.